The molecule has 2 aromatic rings. The van der Waals surface area contributed by atoms with Crippen molar-refractivity contribution in [2.45, 2.75) is 6.54 Å². The molecule has 2 rings (SSSR count). The van der Waals surface area contributed by atoms with Gasteiger partial charge in [-0.2, -0.15) is 0 Å². The van der Waals surface area contributed by atoms with Crippen LogP contribution < -0.4 is 15.8 Å². The Hall–Kier alpha value is -2.30. The molecule has 1 heterocycles. The summed E-state index contributed by atoms with van der Waals surface area (Å²) < 4.78 is 5.09. The predicted octanol–water partition coefficient (Wildman–Crippen LogP) is 1.68. The average Bonchev–Trinajstić information content (AvgIpc) is 2.37. The number of nitrogens with two attached hydrogens (primary N) is 1. The molecule has 0 amide bonds. The topological polar surface area (TPSA) is 73.1 Å². The Bertz CT molecular complexity index is 484. The molecule has 0 aliphatic heterocycles. The minimum Gasteiger partial charge on any atom is -0.497 e. The lowest BCUT2D eigenvalue weighted by molar-refractivity contribution is 0.414. The molecule has 88 valence electrons. The quantitative estimate of drug-likeness (QED) is 0.836. The summed E-state index contributed by atoms with van der Waals surface area (Å²) >= 11 is 0. The van der Waals surface area contributed by atoms with E-state index in [0.29, 0.717) is 18.2 Å². The van der Waals surface area contributed by atoms with Crippen molar-refractivity contribution in [3.8, 4) is 5.75 Å². The van der Waals surface area contributed by atoms with Crippen LogP contribution in [0.4, 0.5) is 11.6 Å². The zero-order chi connectivity index (χ0) is 12.1. The third kappa shape index (κ3) is 3.07. The van der Waals surface area contributed by atoms with Gasteiger partial charge in [-0.1, -0.05) is 12.1 Å². The van der Waals surface area contributed by atoms with Crippen molar-refractivity contribution in [2.75, 3.05) is 18.2 Å². The number of nitrogens with zero attached hydrogens (tertiary/aromatic N) is 2. The summed E-state index contributed by atoms with van der Waals surface area (Å²) in [6.45, 7) is 0.669. The van der Waals surface area contributed by atoms with Gasteiger partial charge in [0.1, 0.15) is 17.4 Å². The maximum absolute atomic E-state index is 5.54. The SMILES string of the molecule is COc1ccc(CNc2cncc(N)n2)cc1. The molecule has 0 atom stereocenters. The summed E-state index contributed by atoms with van der Waals surface area (Å²) in [6.07, 6.45) is 3.15. The number of aromatic nitrogens is 2. The lowest BCUT2D eigenvalue weighted by atomic mass is 10.2. The van der Waals surface area contributed by atoms with E-state index < -0.39 is 0 Å². The van der Waals surface area contributed by atoms with Crippen molar-refractivity contribution in [1.82, 2.24) is 9.97 Å². The van der Waals surface area contributed by atoms with Crippen molar-refractivity contribution >= 4 is 11.6 Å². The van der Waals surface area contributed by atoms with Gasteiger partial charge in [-0.05, 0) is 17.7 Å². The van der Waals surface area contributed by atoms with Gasteiger partial charge in [0.2, 0.25) is 0 Å². The van der Waals surface area contributed by atoms with Crippen LogP contribution in [-0.4, -0.2) is 17.1 Å². The number of hydrogen-bond donors (Lipinski definition) is 2. The van der Waals surface area contributed by atoms with Crippen LogP contribution in [0, 0.1) is 0 Å². The molecule has 0 bridgehead atoms. The molecule has 0 unspecified atom stereocenters. The van der Waals surface area contributed by atoms with Crippen molar-refractivity contribution in [1.29, 1.82) is 0 Å². The minimum absolute atomic E-state index is 0.407. The lowest BCUT2D eigenvalue weighted by Gasteiger charge is -2.06. The number of ether oxygens (including phenoxy) is 1. The third-order valence-electron chi connectivity index (χ3n) is 2.29. The second kappa shape index (κ2) is 5.16. The first-order chi connectivity index (χ1) is 8.28. The van der Waals surface area contributed by atoms with Gasteiger partial charge in [0.15, 0.2) is 0 Å². The molecule has 1 aromatic carbocycles. The van der Waals surface area contributed by atoms with Crippen LogP contribution in [0.15, 0.2) is 36.7 Å². The molecule has 0 fully saturated rings. The predicted molar refractivity (Wildman–Crippen MR) is 66.8 cm³/mol. The highest BCUT2D eigenvalue weighted by molar-refractivity contribution is 5.39. The highest BCUT2D eigenvalue weighted by atomic mass is 16.5. The fraction of sp³-hybridized carbons (Fsp3) is 0.167. The highest BCUT2D eigenvalue weighted by Crippen LogP contribution is 2.12. The van der Waals surface area contributed by atoms with Crippen LogP contribution in [0.2, 0.25) is 0 Å². The maximum Gasteiger partial charge on any atom is 0.147 e. The molecule has 5 heteroatoms. The first kappa shape index (κ1) is 11.2. The summed E-state index contributed by atoms with van der Waals surface area (Å²) in [4.78, 5) is 8.06. The average molecular weight is 230 g/mol. The van der Waals surface area contributed by atoms with Crippen LogP contribution >= 0.6 is 0 Å². The second-order valence-corrected chi connectivity index (χ2v) is 3.53. The van der Waals surface area contributed by atoms with E-state index in [9.17, 15) is 0 Å². The van der Waals surface area contributed by atoms with Crippen LogP contribution in [0.5, 0.6) is 5.75 Å². The molecule has 0 saturated carbocycles. The number of benzene rings is 1. The molecule has 1 aromatic heterocycles. The minimum atomic E-state index is 0.407. The second-order valence-electron chi connectivity index (χ2n) is 3.53. The fourth-order valence-corrected chi connectivity index (χ4v) is 1.40. The molecule has 3 N–H and O–H groups in total. The Morgan fingerprint density at radius 2 is 2.00 bits per heavy atom. The summed E-state index contributed by atoms with van der Waals surface area (Å²) in [5.74, 6) is 1.92. The van der Waals surface area contributed by atoms with Gasteiger partial charge in [0.25, 0.3) is 0 Å². The van der Waals surface area contributed by atoms with E-state index in [1.807, 2.05) is 24.3 Å². The number of methoxy groups -OCH3 is 1. The van der Waals surface area contributed by atoms with E-state index in [1.54, 1.807) is 13.3 Å². The zero-order valence-electron chi connectivity index (χ0n) is 9.55. The highest BCUT2D eigenvalue weighted by Gasteiger charge is 1.97. The monoisotopic (exact) mass is 230 g/mol. The van der Waals surface area contributed by atoms with Gasteiger partial charge >= 0.3 is 0 Å². The molecule has 0 saturated heterocycles. The van der Waals surface area contributed by atoms with Gasteiger partial charge in [0, 0.05) is 6.54 Å². The maximum atomic E-state index is 5.54. The summed E-state index contributed by atoms with van der Waals surface area (Å²) in [5, 5.41) is 3.14. The van der Waals surface area contributed by atoms with E-state index in [2.05, 4.69) is 15.3 Å². The molecule has 0 radical (unpaired) electrons. The van der Waals surface area contributed by atoms with E-state index in [1.165, 1.54) is 6.20 Å². The Morgan fingerprint density at radius 1 is 1.24 bits per heavy atom. The Morgan fingerprint density at radius 3 is 2.65 bits per heavy atom. The van der Waals surface area contributed by atoms with E-state index >= 15 is 0 Å². The number of nitrogen functional groups attached to an aromatic ring is 1. The van der Waals surface area contributed by atoms with Gasteiger partial charge < -0.3 is 15.8 Å². The number of anilines is 2. The van der Waals surface area contributed by atoms with E-state index in [-0.39, 0.29) is 0 Å². The van der Waals surface area contributed by atoms with Crippen LogP contribution in [0.25, 0.3) is 0 Å². The van der Waals surface area contributed by atoms with Gasteiger partial charge in [0.05, 0.1) is 19.5 Å². The third-order valence-corrected chi connectivity index (χ3v) is 2.29. The smallest absolute Gasteiger partial charge is 0.147 e. The first-order valence-electron chi connectivity index (χ1n) is 5.22. The number of nitrogens with one attached hydrogen (secondary N) is 1. The molecular formula is C12H14N4O. The summed E-state index contributed by atoms with van der Waals surface area (Å²) in [5.41, 5.74) is 6.67. The van der Waals surface area contributed by atoms with Crippen molar-refractivity contribution < 1.29 is 4.74 Å². The Labute approximate surface area is 99.7 Å². The van der Waals surface area contributed by atoms with Crippen molar-refractivity contribution in [3.63, 3.8) is 0 Å². The summed E-state index contributed by atoms with van der Waals surface area (Å²) in [7, 11) is 1.65. The first-order valence-corrected chi connectivity index (χ1v) is 5.22. The molecule has 17 heavy (non-hydrogen) atoms. The summed E-state index contributed by atoms with van der Waals surface area (Å²) in [6, 6.07) is 7.82. The molecule has 0 aliphatic rings. The molecule has 0 spiro atoms. The number of rotatable bonds is 4. The van der Waals surface area contributed by atoms with E-state index in [4.69, 9.17) is 10.5 Å². The van der Waals surface area contributed by atoms with Crippen LogP contribution in [-0.2, 0) is 6.54 Å². The van der Waals surface area contributed by atoms with Gasteiger partial charge in [-0.25, -0.2) is 4.98 Å². The molecule has 0 aliphatic carbocycles. The van der Waals surface area contributed by atoms with Crippen molar-refractivity contribution in [3.05, 3.63) is 42.2 Å². The van der Waals surface area contributed by atoms with Gasteiger partial charge in [-0.15, -0.1) is 0 Å². The largest absolute Gasteiger partial charge is 0.497 e. The Kier molecular flexibility index (Phi) is 3.40. The van der Waals surface area contributed by atoms with Crippen molar-refractivity contribution in [2.24, 2.45) is 0 Å². The van der Waals surface area contributed by atoms with E-state index in [0.717, 1.165) is 11.3 Å². The Balaban J connectivity index is 1.97. The van der Waals surface area contributed by atoms with Crippen LogP contribution in [0.1, 0.15) is 5.56 Å². The number of hydrogen-bond acceptors (Lipinski definition) is 5. The standard InChI is InChI=1S/C12H14N4O/c1-17-10-4-2-9(3-5-10)6-15-12-8-14-7-11(13)16-12/h2-5,7-8H,6H2,1H3,(H3,13,15,16). The van der Waals surface area contributed by atoms with Gasteiger partial charge in [-0.3, -0.25) is 4.98 Å². The normalized spacial score (nSPS) is 9.94. The fourth-order valence-electron chi connectivity index (χ4n) is 1.40. The van der Waals surface area contributed by atoms with Crippen LogP contribution in [0.3, 0.4) is 0 Å². The zero-order valence-corrected chi connectivity index (χ0v) is 9.55. The lowest BCUT2D eigenvalue weighted by Crippen LogP contribution is -2.03. The molecule has 5 nitrogen and oxygen atoms in total. The molecular weight excluding hydrogens is 216 g/mol.